The van der Waals surface area contributed by atoms with Crippen molar-refractivity contribution in [1.82, 2.24) is 10.6 Å². The fourth-order valence-corrected chi connectivity index (χ4v) is 3.88. The fourth-order valence-electron chi connectivity index (χ4n) is 3.46. The van der Waals surface area contributed by atoms with E-state index in [1.807, 2.05) is 30.3 Å². The average molecular weight is 409 g/mol. The third-order valence-corrected chi connectivity index (χ3v) is 6.01. The summed E-state index contributed by atoms with van der Waals surface area (Å²) in [6.07, 6.45) is 1.76. The number of ether oxygens (including phenoxy) is 2. The lowest BCUT2D eigenvalue weighted by molar-refractivity contribution is -0.146. The lowest BCUT2D eigenvalue weighted by Crippen LogP contribution is -2.54. The molecule has 3 unspecified atom stereocenters. The molecular weight excluding hydrogens is 384 g/mol. The number of benzene rings is 1. The second kappa shape index (κ2) is 8.92. The number of alkyl carbamates (subject to hydrolysis) is 1. The summed E-state index contributed by atoms with van der Waals surface area (Å²) in [5.41, 5.74) is 0.125. The molecule has 1 aliphatic carbocycles. The molecular formula is C20H25ClN2O5. The number of hydrogen-bond donors (Lipinski definition) is 2. The molecule has 7 nitrogen and oxygen atoms in total. The molecule has 2 N–H and O–H groups in total. The van der Waals surface area contributed by atoms with Gasteiger partial charge in [-0.2, -0.15) is 0 Å². The van der Waals surface area contributed by atoms with Crippen LogP contribution in [0.1, 0.15) is 31.2 Å². The van der Waals surface area contributed by atoms with E-state index in [9.17, 15) is 14.4 Å². The molecule has 0 radical (unpaired) electrons. The first-order chi connectivity index (χ1) is 13.4. The standard InChI is InChI=1S/C20H25ClN2O5/c1-27-18(25)14-7-8-15(22-11-14)16(24)17(21)20(9-10-20)23-19(26)28-12-13-5-3-2-4-6-13/h2-6,14-15,17,22H,7-12H2,1H3,(H,23,26). The SMILES string of the molecule is COC(=O)C1CCC(C(=O)C(Cl)C2(NC(=O)OCc3ccccc3)CC2)NC1. The van der Waals surface area contributed by atoms with E-state index in [4.69, 9.17) is 21.1 Å². The van der Waals surface area contributed by atoms with Crippen molar-refractivity contribution in [3.05, 3.63) is 35.9 Å². The number of ketones is 1. The maximum Gasteiger partial charge on any atom is 0.407 e. The molecule has 152 valence electrons. The van der Waals surface area contributed by atoms with Crippen molar-refractivity contribution < 1.29 is 23.9 Å². The van der Waals surface area contributed by atoms with E-state index in [0.717, 1.165) is 5.56 Å². The normalized spacial score (nSPS) is 23.9. The molecule has 1 amide bonds. The van der Waals surface area contributed by atoms with Crippen LogP contribution >= 0.6 is 11.6 Å². The van der Waals surface area contributed by atoms with Crippen molar-refractivity contribution in [3.8, 4) is 0 Å². The number of hydrogen-bond acceptors (Lipinski definition) is 6. The van der Waals surface area contributed by atoms with E-state index < -0.39 is 23.1 Å². The molecule has 0 spiro atoms. The molecule has 1 saturated carbocycles. The third kappa shape index (κ3) is 4.83. The first-order valence-electron chi connectivity index (χ1n) is 9.43. The minimum Gasteiger partial charge on any atom is -0.469 e. The van der Waals surface area contributed by atoms with E-state index in [2.05, 4.69) is 10.6 Å². The zero-order valence-electron chi connectivity index (χ0n) is 15.8. The Labute approximate surface area is 169 Å². The van der Waals surface area contributed by atoms with Gasteiger partial charge in [0.1, 0.15) is 12.0 Å². The Morgan fingerprint density at radius 1 is 1.25 bits per heavy atom. The number of carbonyl (C=O) groups is 3. The molecule has 1 aromatic rings. The molecule has 1 aromatic carbocycles. The highest BCUT2D eigenvalue weighted by Crippen LogP contribution is 2.42. The number of esters is 1. The van der Waals surface area contributed by atoms with E-state index in [1.165, 1.54) is 7.11 Å². The van der Waals surface area contributed by atoms with Crippen molar-refractivity contribution in [1.29, 1.82) is 0 Å². The zero-order valence-corrected chi connectivity index (χ0v) is 16.5. The minimum absolute atomic E-state index is 0.156. The summed E-state index contributed by atoms with van der Waals surface area (Å²) >= 11 is 6.45. The molecule has 1 aliphatic heterocycles. The largest absolute Gasteiger partial charge is 0.469 e. The molecule has 0 aromatic heterocycles. The Morgan fingerprint density at radius 2 is 1.96 bits per heavy atom. The molecule has 8 heteroatoms. The van der Waals surface area contributed by atoms with Gasteiger partial charge in [0.25, 0.3) is 0 Å². The van der Waals surface area contributed by atoms with Crippen LogP contribution in [-0.4, -0.2) is 48.5 Å². The number of piperidine rings is 1. The predicted molar refractivity (Wildman–Crippen MR) is 103 cm³/mol. The van der Waals surface area contributed by atoms with Crippen molar-refractivity contribution in [2.45, 2.75) is 49.2 Å². The van der Waals surface area contributed by atoms with Gasteiger partial charge in [0, 0.05) is 6.54 Å². The first kappa shape index (κ1) is 20.6. The summed E-state index contributed by atoms with van der Waals surface area (Å²) < 4.78 is 9.99. The van der Waals surface area contributed by atoms with E-state index >= 15 is 0 Å². The van der Waals surface area contributed by atoms with Gasteiger partial charge in [0.05, 0.1) is 24.6 Å². The Bertz CT molecular complexity index is 715. The Kier molecular flexibility index (Phi) is 6.57. The number of halogens is 1. The Balaban J connectivity index is 1.49. The van der Waals surface area contributed by atoms with Crippen molar-refractivity contribution in [2.24, 2.45) is 5.92 Å². The molecule has 3 atom stereocenters. The number of carbonyl (C=O) groups excluding carboxylic acids is 3. The summed E-state index contributed by atoms with van der Waals surface area (Å²) in [7, 11) is 1.35. The van der Waals surface area contributed by atoms with Gasteiger partial charge in [-0.05, 0) is 31.2 Å². The minimum atomic E-state index is -0.844. The summed E-state index contributed by atoms with van der Waals surface area (Å²) in [5, 5.41) is 5.02. The van der Waals surface area contributed by atoms with Crippen molar-refractivity contribution in [3.63, 3.8) is 0 Å². The maximum atomic E-state index is 12.8. The topological polar surface area (TPSA) is 93.7 Å². The van der Waals surface area contributed by atoms with Gasteiger partial charge < -0.3 is 20.1 Å². The number of Topliss-reactive ketones (excluding diaryl/α,β-unsaturated/α-hetero) is 1. The van der Waals surface area contributed by atoms with E-state index in [0.29, 0.717) is 32.2 Å². The monoisotopic (exact) mass is 408 g/mol. The lowest BCUT2D eigenvalue weighted by Gasteiger charge is -2.31. The van der Waals surface area contributed by atoms with Crippen LogP contribution in [0, 0.1) is 5.92 Å². The highest BCUT2D eigenvalue weighted by atomic mass is 35.5. The summed E-state index contributed by atoms with van der Waals surface area (Å²) in [6.45, 7) is 0.537. The predicted octanol–water partition coefficient (Wildman–Crippen LogP) is 2.16. The molecule has 2 fully saturated rings. The quantitative estimate of drug-likeness (QED) is 0.530. The van der Waals surface area contributed by atoms with Gasteiger partial charge in [-0.3, -0.25) is 9.59 Å². The number of nitrogens with one attached hydrogen (secondary N) is 2. The van der Waals surface area contributed by atoms with E-state index in [1.54, 1.807) is 0 Å². The van der Waals surface area contributed by atoms with Gasteiger partial charge in [0.15, 0.2) is 5.78 Å². The Morgan fingerprint density at radius 3 is 2.54 bits per heavy atom. The molecule has 28 heavy (non-hydrogen) atoms. The number of alkyl halides is 1. The van der Waals surface area contributed by atoms with Crippen LogP contribution in [0.25, 0.3) is 0 Å². The van der Waals surface area contributed by atoms with Gasteiger partial charge in [-0.15, -0.1) is 11.6 Å². The van der Waals surface area contributed by atoms with Gasteiger partial charge in [-0.25, -0.2) is 4.79 Å². The lowest BCUT2D eigenvalue weighted by atomic mass is 9.90. The second-order valence-corrected chi connectivity index (χ2v) is 7.80. The van der Waals surface area contributed by atoms with Gasteiger partial charge >= 0.3 is 12.1 Å². The Hall–Kier alpha value is -2.12. The molecule has 1 heterocycles. The van der Waals surface area contributed by atoms with Crippen LogP contribution in [0.3, 0.4) is 0 Å². The van der Waals surface area contributed by atoms with Crippen LogP contribution in [0.5, 0.6) is 0 Å². The molecule has 3 rings (SSSR count). The first-order valence-corrected chi connectivity index (χ1v) is 9.87. The molecule has 2 aliphatic rings. The summed E-state index contributed by atoms with van der Waals surface area (Å²) in [4.78, 5) is 36.5. The summed E-state index contributed by atoms with van der Waals surface area (Å²) in [6, 6.07) is 8.93. The molecule has 0 bridgehead atoms. The van der Waals surface area contributed by atoms with Crippen molar-refractivity contribution >= 4 is 29.4 Å². The van der Waals surface area contributed by atoms with Gasteiger partial charge in [-0.1, -0.05) is 30.3 Å². The van der Waals surface area contributed by atoms with Crippen LogP contribution < -0.4 is 10.6 Å². The third-order valence-electron chi connectivity index (χ3n) is 5.38. The second-order valence-electron chi connectivity index (χ2n) is 7.37. The zero-order chi connectivity index (χ0) is 20.1. The fraction of sp³-hybridized carbons (Fsp3) is 0.550. The maximum absolute atomic E-state index is 12.8. The average Bonchev–Trinajstić information content (AvgIpc) is 3.52. The number of rotatable bonds is 7. The highest BCUT2D eigenvalue weighted by Gasteiger charge is 2.54. The van der Waals surface area contributed by atoms with Crippen LogP contribution in [0.2, 0.25) is 0 Å². The smallest absolute Gasteiger partial charge is 0.407 e. The van der Waals surface area contributed by atoms with Gasteiger partial charge in [0.2, 0.25) is 0 Å². The highest BCUT2D eigenvalue weighted by molar-refractivity contribution is 6.33. The number of amides is 1. The van der Waals surface area contributed by atoms with Crippen LogP contribution in [0.15, 0.2) is 30.3 Å². The molecule has 1 saturated heterocycles. The van der Waals surface area contributed by atoms with Crippen molar-refractivity contribution in [2.75, 3.05) is 13.7 Å². The number of methoxy groups -OCH3 is 1. The van der Waals surface area contributed by atoms with Crippen LogP contribution in [0.4, 0.5) is 4.79 Å². The van der Waals surface area contributed by atoms with E-state index in [-0.39, 0.29) is 24.3 Å². The summed E-state index contributed by atoms with van der Waals surface area (Å²) in [5.74, 6) is -0.683. The van der Waals surface area contributed by atoms with Crippen LogP contribution in [-0.2, 0) is 25.7 Å².